The molecule has 1 heterocycles. The van der Waals surface area contributed by atoms with Gasteiger partial charge in [0.25, 0.3) is 0 Å². The van der Waals surface area contributed by atoms with Crippen LogP contribution in [0.3, 0.4) is 0 Å². The fraction of sp³-hybridized carbons (Fsp3) is 0.167. The predicted molar refractivity (Wildman–Crippen MR) is 77.3 cm³/mol. The Morgan fingerprint density at radius 2 is 2.21 bits per heavy atom. The van der Waals surface area contributed by atoms with Crippen LogP contribution in [0.1, 0.15) is 10.4 Å². The largest absolute Gasteiger partial charge is 0.481 e. The van der Waals surface area contributed by atoms with Crippen LogP contribution in [0.25, 0.3) is 0 Å². The SMILES string of the molecule is NCc1ccc([N+](=O)[O-])c(OCc2sccc2Br)c1. The van der Waals surface area contributed by atoms with Crippen molar-refractivity contribution in [3.8, 4) is 5.75 Å². The van der Waals surface area contributed by atoms with E-state index in [0.29, 0.717) is 6.54 Å². The fourth-order valence-electron chi connectivity index (χ4n) is 1.52. The highest BCUT2D eigenvalue weighted by atomic mass is 79.9. The minimum Gasteiger partial charge on any atom is -0.481 e. The number of rotatable bonds is 5. The number of benzene rings is 1. The molecule has 2 rings (SSSR count). The quantitative estimate of drug-likeness (QED) is 0.666. The summed E-state index contributed by atoms with van der Waals surface area (Å²) in [6.07, 6.45) is 0. The smallest absolute Gasteiger partial charge is 0.310 e. The molecule has 0 bridgehead atoms. The van der Waals surface area contributed by atoms with E-state index >= 15 is 0 Å². The van der Waals surface area contributed by atoms with Gasteiger partial charge >= 0.3 is 5.69 Å². The minimum atomic E-state index is -0.459. The molecule has 0 aliphatic heterocycles. The van der Waals surface area contributed by atoms with Crippen LogP contribution >= 0.6 is 27.3 Å². The van der Waals surface area contributed by atoms with Crippen molar-refractivity contribution in [2.24, 2.45) is 5.73 Å². The van der Waals surface area contributed by atoms with Crippen molar-refractivity contribution in [3.63, 3.8) is 0 Å². The maximum Gasteiger partial charge on any atom is 0.310 e. The summed E-state index contributed by atoms with van der Waals surface area (Å²) in [6, 6.07) is 6.57. The van der Waals surface area contributed by atoms with Gasteiger partial charge in [-0.3, -0.25) is 10.1 Å². The van der Waals surface area contributed by atoms with E-state index in [4.69, 9.17) is 10.5 Å². The number of nitrogens with two attached hydrogens (primary N) is 1. The average molecular weight is 343 g/mol. The van der Waals surface area contributed by atoms with Gasteiger partial charge in [0.05, 0.1) is 9.80 Å². The molecule has 0 radical (unpaired) electrons. The number of hydrogen-bond acceptors (Lipinski definition) is 5. The van der Waals surface area contributed by atoms with E-state index in [-0.39, 0.29) is 18.0 Å². The van der Waals surface area contributed by atoms with E-state index < -0.39 is 4.92 Å². The van der Waals surface area contributed by atoms with Crippen molar-refractivity contribution in [2.45, 2.75) is 13.2 Å². The van der Waals surface area contributed by atoms with Crippen LogP contribution in [0.15, 0.2) is 34.1 Å². The van der Waals surface area contributed by atoms with Crippen molar-refractivity contribution in [2.75, 3.05) is 0 Å². The van der Waals surface area contributed by atoms with Gasteiger partial charge in [0.15, 0.2) is 5.75 Å². The first kappa shape index (κ1) is 14.0. The van der Waals surface area contributed by atoms with E-state index in [1.807, 2.05) is 11.4 Å². The first-order valence-corrected chi connectivity index (χ1v) is 7.11. The summed E-state index contributed by atoms with van der Waals surface area (Å²) < 4.78 is 6.49. The lowest BCUT2D eigenvalue weighted by atomic mass is 10.2. The average Bonchev–Trinajstić information content (AvgIpc) is 2.81. The first-order valence-electron chi connectivity index (χ1n) is 5.44. The summed E-state index contributed by atoms with van der Waals surface area (Å²) in [4.78, 5) is 11.5. The van der Waals surface area contributed by atoms with Crippen LogP contribution < -0.4 is 10.5 Å². The van der Waals surface area contributed by atoms with Crippen LogP contribution in [-0.2, 0) is 13.2 Å². The first-order chi connectivity index (χ1) is 9.11. The number of nitro groups is 1. The molecule has 2 N–H and O–H groups in total. The maximum absolute atomic E-state index is 10.9. The van der Waals surface area contributed by atoms with Crippen molar-refractivity contribution in [1.29, 1.82) is 0 Å². The molecular weight excluding hydrogens is 332 g/mol. The molecule has 0 aliphatic carbocycles. The molecule has 5 nitrogen and oxygen atoms in total. The Kier molecular flexibility index (Phi) is 4.52. The topological polar surface area (TPSA) is 78.4 Å². The van der Waals surface area contributed by atoms with Crippen LogP contribution in [0.2, 0.25) is 0 Å². The monoisotopic (exact) mass is 342 g/mol. The van der Waals surface area contributed by atoms with Crippen LogP contribution in [0.4, 0.5) is 5.69 Å². The zero-order valence-electron chi connectivity index (χ0n) is 9.84. The van der Waals surface area contributed by atoms with E-state index in [1.54, 1.807) is 12.1 Å². The summed E-state index contributed by atoms with van der Waals surface area (Å²) in [6.45, 7) is 0.601. The summed E-state index contributed by atoms with van der Waals surface area (Å²) in [5.74, 6) is 0.244. The Morgan fingerprint density at radius 1 is 1.42 bits per heavy atom. The van der Waals surface area contributed by atoms with Gasteiger partial charge in [0.1, 0.15) is 6.61 Å². The van der Waals surface area contributed by atoms with Gasteiger partial charge in [-0.15, -0.1) is 11.3 Å². The zero-order chi connectivity index (χ0) is 13.8. The molecule has 0 spiro atoms. The Morgan fingerprint density at radius 3 is 2.79 bits per heavy atom. The summed E-state index contributed by atoms with van der Waals surface area (Å²) >= 11 is 4.92. The number of ether oxygens (including phenoxy) is 1. The lowest BCUT2D eigenvalue weighted by molar-refractivity contribution is -0.386. The third kappa shape index (κ3) is 3.31. The molecule has 0 amide bonds. The van der Waals surface area contributed by atoms with Crippen molar-refractivity contribution in [1.82, 2.24) is 0 Å². The predicted octanol–water partition coefficient (Wildman–Crippen LogP) is 3.46. The molecule has 0 saturated carbocycles. The molecule has 7 heteroatoms. The minimum absolute atomic E-state index is 0.0510. The fourth-order valence-corrected chi connectivity index (χ4v) is 2.90. The Hall–Kier alpha value is -1.44. The molecule has 0 atom stereocenters. The lowest BCUT2D eigenvalue weighted by Crippen LogP contribution is -2.01. The highest BCUT2D eigenvalue weighted by Gasteiger charge is 2.16. The molecule has 0 unspecified atom stereocenters. The second kappa shape index (κ2) is 6.14. The Labute approximate surface area is 122 Å². The number of thiophene rings is 1. The molecular formula is C12H11BrN2O3S. The third-order valence-electron chi connectivity index (χ3n) is 2.51. The number of halogens is 1. The van der Waals surface area contributed by atoms with Crippen molar-refractivity contribution in [3.05, 3.63) is 54.7 Å². The molecule has 1 aromatic carbocycles. The second-order valence-electron chi connectivity index (χ2n) is 3.74. The third-order valence-corrected chi connectivity index (χ3v) is 4.41. The number of nitrogens with zero attached hydrogens (tertiary/aromatic N) is 1. The molecule has 1 aromatic heterocycles. The second-order valence-corrected chi connectivity index (χ2v) is 5.60. The summed E-state index contributed by atoms with van der Waals surface area (Å²) in [5, 5.41) is 12.9. The standard InChI is InChI=1S/C12H11BrN2O3S/c13-9-3-4-19-12(9)7-18-11-5-8(6-14)1-2-10(11)15(16)17/h1-5H,6-7,14H2. The van der Waals surface area contributed by atoms with Gasteiger partial charge in [0, 0.05) is 17.1 Å². The normalized spacial score (nSPS) is 10.4. The molecule has 100 valence electrons. The Balaban J connectivity index is 2.22. The van der Waals surface area contributed by atoms with Gasteiger partial charge in [-0.05, 0) is 39.0 Å². The van der Waals surface area contributed by atoms with E-state index in [2.05, 4.69) is 15.9 Å². The zero-order valence-corrected chi connectivity index (χ0v) is 12.2. The number of nitro benzene ring substituents is 1. The van der Waals surface area contributed by atoms with Crippen LogP contribution in [-0.4, -0.2) is 4.92 Å². The van der Waals surface area contributed by atoms with Gasteiger partial charge in [0.2, 0.25) is 0 Å². The van der Waals surface area contributed by atoms with Gasteiger partial charge < -0.3 is 10.5 Å². The molecule has 19 heavy (non-hydrogen) atoms. The van der Waals surface area contributed by atoms with E-state index in [1.165, 1.54) is 17.4 Å². The Bertz CT molecular complexity index is 600. The number of hydrogen-bond donors (Lipinski definition) is 1. The highest BCUT2D eigenvalue weighted by Crippen LogP contribution is 2.30. The van der Waals surface area contributed by atoms with E-state index in [9.17, 15) is 10.1 Å². The van der Waals surface area contributed by atoms with Crippen molar-refractivity contribution < 1.29 is 9.66 Å². The van der Waals surface area contributed by atoms with Gasteiger partial charge in [-0.2, -0.15) is 0 Å². The maximum atomic E-state index is 10.9. The molecule has 0 aliphatic rings. The molecule has 0 fully saturated rings. The van der Waals surface area contributed by atoms with Gasteiger partial charge in [-0.1, -0.05) is 6.07 Å². The highest BCUT2D eigenvalue weighted by molar-refractivity contribution is 9.10. The van der Waals surface area contributed by atoms with Crippen LogP contribution in [0, 0.1) is 10.1 Å². The van der Waals surface area contributed by atoms with Gasteiger partial charge in [-0.25, -0.2) is 0 Å². The van der Waals surface area contributed by atoms with Crippen molar-refractivity contribution >= 4 is 33.0 Å². The molecule has 0 saturated heterocycles. The molecule has 2 aromatic rings. The van der Waals surface area contributed by atoms with E-state index in [0.717, 1.165) is 14.9 Å². The van der Waals surface area contributed by atoms with Crippen LogP contribution in [0.5, 0.6) is 5.75 Å². The lowest BCUT2D eigenvalue weighted by Gasteiger charge is -2.07. The summed E-state index contributed by atoms with van der Waals surface area (Å²) in [5.41, 5.74) is 6.27. The summed E-state index contributed by atoms with van der Waals surface area (Å²) in [7, 11) is 0.